The minimum absolute atomic E-state index is 0.506. The molecule has 0 radical (unpaired) electrons. The molecule has 2 bridgehead atoms. The summed E-state index contributed by atoms with van der Waals surface area (Å²) >= 11 is 0. The molecule has 0 aromatic carbocycles. The molecule has 1 aromatic rings. The molecule has 0 aliphatic carbocycles. The van der Waals surface area contributed by atoms with Crippen molar-refractivity contribution in [2.45, 2.75) is 25.8 Å². The number of aromatic nitrogens is 2. The Hall–Kier alpha value is -1.40. The van der Waals surface area contributed by atoms with E-state index in [1.54, 1.807) is 6.33 Å². The van der Waals surface area contributed by atoms with Crippen molar-refractivity contribution in [3.63, 3.8) is 0 Å². The van der Waals surface area contributed by atoms with E-state index in [1.807, 2.05) is 6.92 Å². The smallest absolute Gasteiger partial charge is 0.148 e. The molecular weight excluding hydrogens is 228 g/mol. The number of nitrogens with one attached hydrogen (secondary N) is 2. The Morgan fingerprint density at radius 3 is 2.61 bits per heavy atom. The normalized spacial score (nSPS) is 30.2. The molecule has 4 rings (SSSR count). The van der Waals surface area contributed by atoms with Crippen LogP contribution in [0.2, 0.25) is 0 Å². The zero-order valence-corrected chi connectivity index (χ0v) is 10.7. The van der Waals surface area contributed by atoms with Gasteiger partial charge in [-0.05, 0) is 38.8 Å². The molecule has 3 aliphatic rings. The maximum absolute atomic E-state index is 5.44. The molecule has 4 heterocycles. The van der Waals surface area contributed by atoms with Gasteiger partial charge in [-0.15, -0.1) is 0 Å². The first-order valence-electron chi connectivity index (χ1n) is 6.55. The summed E-state index contributed by atoms with van der Waals surface area (Å²) in [4.78, 5) is 11.0. The second kappa shape index (κ2) is 4.70. The van der Waals surface area contributed by atoms with Gasteiger partial charge in [0.1, 0.15) is 18.0 Å². The van der Waals surface area contributed by atoms with Crippen LogP contribution in [0.15, 0.2) is 6.33 Å². The topological polar surface area (TPSA) is 79.1 Å². The van der Waals surface area contributed by atoms with Gasteiger partial charge in [0.25, 0.3) is 0 Å². The van der Waals surface area contributed by atoms with Crippen LogP contribution in [-0.2, 0) is 0 Å². The molecule has 18 heavy (non-hydrogen) atoms. The molecular formula is C12H20N6. The number of hydrazine groups is 1. The molecule has 3 fully saturated rings. The second-order valence-electron chi connectivity index (χ2n) is 5.23. The molecule has 1 aromatic heterocycles. The molecule has 1 unspecified atom stereocenters. The Morgan fingerprint density at radius 2 is 2.00 bits per heavy atom. The lowest BCUT2D eigenvalue weighted by molar-refractivity contribution is 0.0973. The van der Waals surface area contributed by atoms with Crippen LogP contribution < -0.4 is 16.6 Å². The van der Waals surface area contributed by atoms with E-state index in [2.05, 4.69) is 25.6 Å². The van der Waals surface area contributed by atoms with Crippen molar-refractivity contribution >= 4 is 11.6 Å². The molecule has 3 aliphatic heterocycles. The molecule has 6 nitrogen and oxygen atoms in total. The summed E-state index contributed by atoms with van der Waals surface area (Å²) in [6.07, 6.45) is 4.14. The van der Waals surface area contributed by atoms with Crippen LogP contribution in [-0.4, -0.2) is 40.5 Å². The Kier molecular flexibility index (Phi) is 3.05. The molecule has 0 saturated carbocycles. The minimum atomic E-state index is 0.506. The number of nitrogens with two attached hydrogens (primary N) is 1. The summed E-state index contributed by atoms with van der Waals surface area (Å²) in [5.41, 5.74) is 3.59. The van der Waals surface area contributed by atoms with Crippen molar-refractivity contribution in [1.82, 2.24) is 14.9 Å². The highest BCUT2D eigenvalue weighted by atomic mass is 15.3. The van der Waals surface area contributed by atoms with Crippen LogP contribution in [0.5, 0.6) is 0 Å². The van der Waals surface area contributed by atoms with E-state index in [-0.39, 0.29) is 0 Å². The maximum atomic E-state index is 5.44. The fraction of sp³-hybridized carbons (Fsp3) is 0.667. The lowest BCUT2D eigenvalue weighted by Gasteiger charge is -2.45. The van der Waals surface area contributed by atoms with E-state index < -0.39 is 0 Å². The van der Waals surface area contributed by atoms with E-state index in [0.717, 1.165) is 23.8 Å². The van der Waals surface area contributed by atoms with E-state index in [4.69, 9.17) is 5.84 Å². The summed E-state index contributed by atoms with van der Waals surface area (Å²) < 4.78 is 0. The van der Waals surface area contributed by atoms with Gasteiger partial charge in [-0.1, -0.05) is 0 Å². The van der Waals surface area contributed by atoms with Crippen molar-refractivity contribution in [2.24, 2.45) is 11.8 Å². The number of nitrogen functional groups attached to an aromatic ring is 1. The molecule has 4 N–H and O–H groups in total. The predicted molar refractivity (Wildman–Crippen MR) is 71.2 cm³/mol. The highest BCUT2D eigenvalue weighted by Gasteiger charge is 2.34. The quantitative estimate of drug-likeness (QED) is 0.536. The highest BCUT2D eigenvalue weighted by molar-refractivity contribution is 5.56. The largest absolute Gasteiger partial charge is 0.365 e. The van der Waals surface area contributed by atoms with Gasteiger partial charge in [-0.25, -0.2) is 15.8 Å². The first-order valence-corrected chi connectivity index (χ1v) is 6.55. The Balaban J connectivity index is 1.76. The number of anilines is 2. The summed E-state index contributed by atoms with van der Waals surface area (Å²) in [6, 6.07) is 0.506. The van der Waals surface area contributed by atoms with Gasteiger partial charge >= 0.3 is 0 Å². The van der Waals surface area contributed by atoms with Gasteiger partial charge < -0.3 is 15.6 Å². The molecule has 3 saturated heterocycles. The van der Waals surface area contributed by atoms with E-state index in [9.17, 15) is 0 Å². The molecule has 98 valence electrons. The molecule has 0 spiro atoms. The average Bonchev–Trinajstić information content (AvgIpc) is 2.42. The zero-order valence-electron chi connectivity index (χ0n) is 10.7. The summed E-state index contributed by atoms with van der Waals surface area (Å²) in [6.45, 7) is 5.61. The number of hydrogen-bond acceptors (Lipinski definition) is 6. The van der Waals surface area contributed by atoms with Gasteiger partial charge in [0.2, 0.25) is 0 Å². The van der Waals surface area contributed by atoms with Gasteiger partial charge in [-0.2, -0.15) is 0 Å². The van der Waals surface area contributed by atoms with Crippen molar-refractivity contribution in [3.05, 3.63) is 11.9 Å². The Morgan fingerprint density at radius 1 is 1.28 bits per heavy atom. The molecule has 1 atom stereocenters. The number of piperidine rings is 3. The number of fused-ring (bicyclic) bond motifs is 3. The Bertz CT molecular complexity index is 427. The first kappa shape index (κ1) is 11.7. The third kappa shape index (κ3) is 2.02. The highest BCUT2D eigenvalue weighted by Crippen LogP contribution is 2.30. The SMILES string of the molecule is Cc1c(NN)ncnc1NC1CN2CCC1CC2. The van der Waals surface area contributed by atoms with Crippen LogP contribution in [0.4, 0.5) is 11.6 Å². The zero-order chi connectivity index (χ0) is 12.5. The maximum Gasteiger partial charge on any atom is 0.148 e. The van der Waals surface area contributed by atoms with Crippen LogP contribution in [0.25, 0.3) is 0 Å². The van der Waals surface area contributed by atoms with Crippen molar-refractivity contribution in [1.29, 1.82) is 0 Å². The van der Waals surface area contributed by atoms with Crippen LogP contribution in [0, 0.1) is 12.8 Å². The lowest BCUT2D eigenvalue weighted by atomic mass is 9.84. The van der Waals surface area contributed by atoms with Crippen molar-refractivity contribution < 1.29 is 0 Å². The van der Waals surface area contributed by atoms with Crippen LogP contribution in [0.1, 0.15) is 18.4 Å². The molecule has 6 heteroatoms. The minimum Gasteiger partial charge on any atom is -0.365 e. The second-order valence-corrected chi connectivity index (χ2v) is 5.23. The van der Waals surface area contributed by atoms with Gasteiger partial charge in [0, 0.05) is 18.2 Å². The van der Waals surface area contributed by atoms with Crippen LogP contribution in [0.3, 0.4) is 0 Å². The number of hydrogen-bond donors (Lipinski definition) is 3. The third-order valence-corrected chi connectivity index (χ3v) is 4.20. The molecule has 0 amide bonds. The lowest BCUT2D eigenvalue weighted by Crippen LogP contribution is -2.53. The number of nitrogens with zero attached hydrogens (tertiary/aromatic N) is 3. The predicted octanol–water partition coefficient (Wildman–Crippen LogP) is 0.577. The summed E-state index contributed by atoms with van der Waals surface area (Å²) in [5, 5.41) is 3.57. The van der Waals surface area contributed by atoms with E-state index in [1.165, 1.54) is 25.9 Å². The van der Waals surface area contributed by atoms with Gasteiger partial charge in [-0.3, -0.25) is 0 Å². The summed E-state index contributed by atoms with van der Waals surface area (Å²) in [5.74, 6) is 7.80. The van der Waals surface area contributed by atoms with E-state index >= 15 is 0 Å². The van der Waals surface area contributed by atoms with Gasteiger partial charge in [0.05, 0.1) is 0 Å². The van der Waals surface area contributed by atoms with Gasteiger partial charge in [0.15, 0.2) is 0 Å². The Labute approximate surface area is 107 Å². The average molecular weight is 248 g/mol. The van der Waals surface area contributed by atoms with E-state index in [0.29, 0.717) is 11.9 Å². The fourth-order valence-corrected chi connectivity index (χ4v) is 3.05. The number of rotatable bonds is 3. The fourth-order valence-electron chi connectivity index (χ4n) is 3.05. The monoisotopic (exact) mass is 248 g/mol. The van der Waals surface area contributed by atoms with Crippen molar-refractivity contribution in [2.75, 3.05) is 30.4 Å². The van der Waals surface area contributed by atoms with Crippen LogP contribution >= 0.6 is 0 Å². The standard InChI is InChI=1S/C12H20N6/c1-8-11(14-7-15-12(8)17-13)16-10-6-18-4-2-9(10)3-5-18/h7,9-10H,2-6,13H2,1H3,(H2,14,15,16,17). The third-order valence-electron chi connectivity index (χ3n) is 4.20. The first-order chi connectivity index (χ1) is 8.78. The van der Waals surface area contributed by atoms with Crippen molar-refractivity contribution in [3.8, 4) is 0 Å². The summed E-state index contributed by atoms with van der Waals surface area (Å²) in [7, 11) is 0.